The van der Waals surface area contributed by atoms with Gasteiger partial charge in [0.2, 0.25) is 0 Å². The fourth-order valence-corrected chi connectivity index (χ4v) is 2.55. The van der Waals surface area contributed by atoms with E-state index >= 15 is 0 Å². The number of nitrogens with zero attached hydrogens (tertiary/aromatic N) is 2. The lowest BCUT2D eigenvalue weighted by atomic mass is 10.0. The second-order valence-electron chi connectivity index (χ2n) is 5.74. The van der Waals surface area contributed by atoms with Crippen molar-refractivity contribution in [3.05, 3.63) is 40.2 Å². The van der Waals surface area contributed by atoms with E-state index in [2.05, 4.69) is 0 Å². The maximum Gasteiger partial charge on any atom is 0.435 e. The van der Waals surface area contributed by atoms with Crippen LogP contribution in [-0.4, -0.2) is 22.1 Å². The predicted octanol–water partition coefficient (Wildman–Crippen LogP) is 3.18. The molecule has 0 spiro atoms. The van der Waals surface area contributed by atoms with Gasteiger partial charge in [-0.3, -0.25) is 4.79 Å². The van der Waals surface area contributed by atoms with Gasteiger partial charge >= 0.3 is 6.09 Å². The molecule has 2 rings (SSSR count). The highest BCUT2D eigenvalue weighted by atomic mass is 16.6. The molecule has 0 bridgehead atoms. The van der Waals surface area contributed by atoms with Gasteiger partial charge in [-0.15, -0.1) is 0 Å². The SMILES string of the molecule is CCCOC(=O)n1c(N)c(-c2ccccc2C)c(=O)n1C(C)C. The molecular weight excluding hydrogens is 294 g/mol. The number of ether oxygens (including phenoxy) is 1. The smallest absolute Gasteiger partial charge is 0.435 e. The van der Waals surface area contributed by atoms with Crippen LogP contribution in [0.1, 0.15) is 38.8 Å². The number of anilines is 1. The van der Waals surface area contributed by atoms with Crippen molar-refractivity contribution in [2.24, 2.45) is 0 Å². The molecule has 0 fully saturated rings. The van der Waals surface area contributed by atoms with Crippen LogP contribution < -0.4 is 11.3 Å². The Kier molecular flexibility index (Phi) is 4.93. The number of aryl methyl sites for hydroxylation is 1. The van der Waals surface area contributed by atoms with Crippen molar-refractivity contribution in [1.82, 2.24) is 9.36 Å². The standard InChI is InChI=1S/C17H23N3O3/c1-5-10-23-17(22)20-15(18)14(16(21)19(20)11(2)3)13-9-7-6-8-12(13)4/h6-9,11H,5,10,18H2,1-4H3. The van der Waals surface area contributed by atoms with Crippen molar-refractivity contribution in [2.45, 2.75) is 40.2 Å². The molecule has 0 atom stereocenters. The third kappa shape index (κ3) is 3.02. The molecule has 1 aromatic heterocycles. The van der Waals surface area contributed by atoms with E-state index in [1.165, 1.54) is 4.68 Å². The molecule has 23 heavy (non-hydrogen) atoms. The topological polar surface area (TPSA) is 79.2 Å². The molecule has 0 saturated heterocycles. The van der Waals surface area contributed by atoms with Crippen LogP contribution >= 0.6 is 0 Å². The average molecular weight is 317 g/mol. The maximum atomic E-state index is 12.8. The summed E-state index contributed by atoms with van der Waals surface area (Å²) >= 11 is 0. The molecule has 6 heteroatoms. The maximum absolute atomic E-state index is 12.8. The molecular formula is C17H23N3O3. The third-order valence-electron chi connectivity index (χ3n) is 3.63. The summed E-state index contributed by atoms with van der Waals surface area (Å²) in [7, 11) is 0. The van der Waals surface area contributed by atoms with Gasteiger partial charge in [0.15, 0.2) is 0 Å². The van der Waals surface area contributed by atoms with Crippen molar-refractivity contribution in [3.63, 3.8) is 0 Å². The van der Waals surface area contributed by atoms with Crippen LogP contribution in [0, 0.1) is 6.92 Å². The van der Waals surface area contributed by atoms with Crippen LogP contribution in [0.4, 0.5) is 10.6 Å². The van der Waals surface area contributed by atoms with Gasteiger partial charge in [0, 0.05) is 6.04 Å². The van der Waals surface area contributed by atoms with E-state index in [1.807, 2.05) is 52.0 Å². The number of rotatable bonds is 4. The van der Waals surface area contributed by atoms with Gasteiger partial charge < -0.3 is 10.5 Å². The number of nitrogens with two attached hydrogens (primary N) is 1. The van der Waals surface area contributed by atoms with E-state index in [0.29, 0.717) is 12.0 Å². The van der Waals surface area contributed by atoms with Gasteiger partial charge in [-0.25, -0.2) is 9.48 Å². The Balaban J connectivity index is 2.70. The third-order valence-corrected chi connectivity index (χ3v) is 3.63. The lowest BCUT2D eigenvalue weighted by Gasteiger charge is -2.14. The molecule has 0 amide bonds. The number of carbonyl (C=O) groups is 1. The van der Waals surface area contributed by atoms with E-state index in [9.17, 15) is 9.59 Å². The summed E-state index contributed by atoms with van der Waals surface area (Å²) in [5.41, 5.74) is 7.86. The summed E-state index contributed by atoms with van der Waals surface area (Å²) in [4.78, 5) is 25.2. The van der Waals surface area contributed by atoms with Crippen molar-refractivity contribution >= 4 is 11.9 Å². The Hall–Kier alpha value is -2.50. The van der Waals surface area contributed by atoms with Crippen LogP contribution in [0.2, 0.25) is 0 Å². The van der Waals surface area contributed by atoms with Crippen LogP contribution in [-0.2, 0) is 4.74 Å². The summed E-state index contributed by atoms with van der Waals surface area (Å²) in [5, 5.41) is 0. The van der Waals surface area contributed by atoms with Crippen LogP contribution in [0.3, 0.4) is 0 Å². The summed E-state index contributed by atoms with van der Waals surface area (Å²) in [6.45, 7) is 7.74. The Morgan fingerprint density at radius 1 is 1.30 bits per heavy atom. The minimum Gasteiger partial charge on any atom is -0.448 e. The lowest BCUT2D eigenvalue weighted by molar-refractivity contribution is 0.139. The van der Waals surface area contributed by atoms with Crippen molar-refractivity contribution in [2.75, 3.05) is 12.3 Å². The zero-order valence-corrected chi connectivity index (χ0v) is 14.0. The quantitative estimate of drug-likeness (QED) is 0.939. The van der Waals surface area contributed by atoms with E-state index in [4.69, 9.17) is 10.5 Å². The van der Waals surface area contributed by atoms with Gasteiger partial charge in [0.05, 0.1) is 12.2 Å². The molecule has 2 aromatic rings. The van der Waals surface area contributed by atoms with Gasteiger partial charge in [-0.2, -0.15) is 4.68 Å². The first-order valence-electron chi connectivity index (χ1n) is 7.76. The van der Waals surface area contributed by atoms with Crippen molar-refractivity contribution in [1.29, 1.82) is 0 Å². The highest BCUT2D eigenvalue weighted by Crippen LogP contribution is 2.27. The van der Waals surface area contributed by atoms with E-state index in [-0.39, 0.29) is 24.0 Å². The summed E-state index contributed by atoms with van der Waals surface area (Å²) < 4.78 is 7.65. The van der Waals surface area contributed by atoms with Crippen LogP contribution in [0.25, 0.3) is 11.1 Å². The summed E-state index contributed by atoms with van der Waals surface area (Å²) in [5.74, 6) is 0.110. The van der Waals surface area contributed by atoms with E-state index in [0.717, 1.165) is 15.8 Å². The van der Waals surface area contributed by atoms with Gasteiger partial charge in [-0.1, -0.05) is 31.2 Å². The second-order valence-corrected chi connectivity index (χ2v) is 5.74. The Morgan fingerprint density at radius 3 is 2.52 bits per heavy atom. The van der Waals surface area contributed by atoms with Crippen molar-refractivity contribution < 1.29 is 9.53 Å². The summed E-state index contributed by atoms with van der Waals surface area (Å²) in [6.07, 6.45) is 0.0682. The zero-order chi connectivity index (χ0) is 17.1. The molecule has 0 radical (unpaired) electrons. The molecule has 1 heterocycles. The Morgan fingerprint density at radius 2 is 1.96 bits per heavy atom. The number of hydrogen-bond acceptors (Lipinski definition) is 4. The predicted molar refractivity (Wildman–Crippen MR) is 90.7 cm³/mol. The zero-order valence-electron chi connectivity index (χ0n) is 14.0. The number of aromatic nitrogens is 2. The van der Waals surface area contributed by atoms with Crippen LogP contribution in [0.15, 0.2) is 29.1 Å². The first-order valence-corrected chi connectivity index (χ1v) is 7.76. The highest BCUT2D eigenvalue weighted by molar-refractivity contribution is 5.83. The second kappa shape index (κ2) is 6.73. The fourth-order valence-electron chi connectivity index (χ4n) is 2.55. The Bertz CT molecular complexity index is 772. The first kappa shape index (κ1) is 16.9. The van der Waals surface area contributed by atoms with E-state index in [1.54, 1.807) is 0 Å². The molecule has 0 aliphatic carbocycles. The molecule has 2 N–H and O–H groups in total. The van der Waals surface area contributed by atoms with E-state index < -0.39 is 6.09 Å². The number of nitrogen functional groups attached to an aromatic ring is 1. The summed E-state index contributed by atoms with van der Waals surface area (Å²) in [6, 6.07) is 7.24. The highest BCUT2D eigenvalue weighted by Gasteiger charge is 2.26. The van der Waals surface area contributed by atoms with Crippen LogP contribution in [0.5, 0.6) is 0 Å². The minimum atomic E-state index is -0.630. The molecule has 1 aromatic carbocycles. The van der Waals surface area contributed by atoms with Gasteiger partial charge in [-0.05, 0) is 38.3 Å². The largest absolute Gasteiger partial charge is 0.448 e. The van der Waals surface area contributed by atoms with Gasteiger partial charge in [0.1, 0.15) is 5.82 Å². The molecule has 0 aliphatic heterocycles. The fraction of sp³-hybridized carbons (Fsp3) is 0.412. The number of benzene rings is 1. The average Bonchev–Trinajstić information content (AvgIpc) is 2.77. The van der Waals surface area contributed by atoms with Gasteiger partial charge in [0.25, 0.3) is 5.56 Å². The number of hydrogen-bond donors (Lipinski definition) is 1. The molecule has 124 valence electrons. The first-order chi connectivity index (χ1) is 10.9. The number of carbonyl (C=O) groups excluding carboxylic acids is 1. The molecule has 6 nitrogen and oxygen atoms in total. The van der Waals surface area contributed by atoms with Crippen molar-refractivity contribution in [3.8, 4) is 11.1 Å². The molecule has 0 unspecified atom stereocenters. The monoisotopic (exact) mass is 317 g/mol. The molecule has 0 aliphatic rings. The lowest BCUT2D eigenvalue weighted by Crippen LogP contribution is -2.30. The normalized spacial score (nSPS) is 11.0. The Labute approximate surface area is 135 Å². The molecule has 0 saturated carbocycles. The minimum absolute atomic E-state index is 0.110.